The van der Waals surface area contributed by atoms with Crippen LogP contribution in [0.2, 0.25) is 5.02 Å². The molecule has 0 spiro atoms. The van der Waals surface area contributed by atoms with Crippen LogP contribution in [0.4, 0.5) is 0 Å². The molecule has 1 nitrogen and oxygen atoms in total. The Bertz CT molecular complexity index is 415. The van der Waals surface area contributed by atoms with Crippen molar-refractivity contribution in [1.29, 1.82) is 0 Å². The Morgan fingerprint density at radius 1 is 1.37 bits per heavy atom. The van der Waals surface area contributed by atoms with Crippen LogP contribution in [0.3, 0.4) is 0 Å². The Hall–Kier alpha value is -0.180. The van der Waals surface area contributed by atoms with Crippen LogP contribution < -0.4 is 0 Å². The molecule has 0 N–H and O–H groups in total. The smallest absolute Gasteiger partial charge is 0.0409 e. The zero-order valence-corrected chi connectivity index (χ0v) is 13.6. The minimum atomic E-state index is 0.399. The first-order valence-electron chi connectivity index (χ1n) is 7.13. The highest BCUT2D eigenvalue weighted by Gasteiger charge is 2.34. The van der Waals surface area contributed by atoms with E-state index in [4.69, 9.17) is 11.6 Å². The van der Waals surface area contributed by atoms with Gasteiger partial charge >= 0.3 is 0 Å². The summed E-state index contributed by atoms with van der Waals surface area (Å²) in [5.74, 6) is 1.000. The Labute approximate surface area is 127 Å². The lowest BCUT2D eigenvalue weighted by Gasteiger charge is -2.35. The molecule has 1 aromatic rings. The SMILES string of the molecule is CC(c1cccc(Cl)c1)N(C)CC1(CS)CCCC1. The van der Waals surface area contributed by atoms with Crippen LogP contribution in [0.1, 0.15) is 44.2 Å². The largest absolute Gasteiger partial charge is 0.299 e. The lowest BCUT2D eigenvalue weighted by Crippen LogP contribution is -2.36. The Balaban J connectivity index is 2.04. The third-order valence-electron chi connectivity index (χ3n) is 4.58. The van der Waals surface area contributed by atoms with Gasteiger partial charge in [-0.2, -0.15) is 12.6 Å². The fraction of sp³-hybridized carbons (Fsp3) is 0.625. The van der Waals surface area contributed by atoms with Crippen LogP contribution >= 0.6 is 24.2 Å². The number of thiol groups is 1. The maximum atomic E-state index is 6.09. The van der Waals surface area contributed by atoms with Crippen LogP contribution in [0.15, 0.2) is 24.3 Å². The Morgan fingerprint density at radius 2 is 2.05 bits per heavy atom. The highest BCUT2D eigenvalue weighted by atomic mass is 35.5. The van der Waals surface area contributed by atoms with Gasteiger partial charge in [-0.25, -0.2) is 0 Å². The quantitative estimate of drug-likeness (QED) is 0.762. The van der Waals surface area contributed by atoms with E-state index in [0.717, 1.165) is 17.3 Å². The van der Waals surface area contributed by atoms with Gasteiger partial charge in [0, 0.05) is 17.6 Å². The van der Waals surface area contributed by atoms with Crippen molar-refractivity contribution in [2.75, 3.05) is 19.3 Å². The van der Waals surface area contributed by atoms with Crippen molar-refractivity contribution in [2.45, 2.75) is 38.6 Å². The minimum absolute atomic E-state index is 0.399. The van der Waals surface area contributed by atoms with Crippen molar-refractivity contribution in [3.8, 4) is 0 Å². The summed E-state index contributed by atoms with van der Waals surface area (Å²) < 4.78 is 0. The summed E-state index contributed by atoms with van der Waals surface area (Å²) in [6.07, 6.45) is 5.37. The van der Waals surface area contributed by atoms with Crippen LogP contribution in [-0.2, 0) is 0 Å². The summed E-state index contributed by atoms with van der Waals surface area (Å²) in [5.41, 5.74) is 1.72. The van der Waals surface area contributed by atoms with E-state index in [1.807, 2.05) is 12.1 Å². The van der Waals surface area contributed by atoms with E-state index < -0.39 is 0 Å². The standard InChI is InChI=1S/C16H24ClNS/c1-13(14-6-5-7-15(17)10-14)18(2)11-16(12-19)8-3-4-9-16/h5-7,10,13,19H,3-4,8-9,11-12H2,1-2H3. The second kappa shape index (κ2) is 6.51. The van der Waals surface area contributed by atoms with Crippen molar-refractivity contribution in [3.05, 3.63) is 34.9 Å². The van der Waals surface area contributed by atoms with Crippen molar-refractivity contribution in [3.63, 3.8) is 0 Å². The molecule has 0 aromatic heterocycles. The van der Waals surface area contributed by atoms with Crippen LogP contribution in [-0.4, -0.2) is 24.2 Å². The number of hydrogen-bond donors (Lipinski definition) is 1. The molecule has 1 fully saturated rings. The summed E-state index contributed by atoms with van der Waals surface area (Å²) in [6.45, 7) is 3.39. The molecule has 1 saturated carbocycles. The number of benzene rings is 1. The molecule has 106 valence electrons. The van der Waals surface area contributed by atoms with E-state index in [1.54, 1.807) is 0 Å². The van der Waals surface area contributed by atoms with Crippen molar-refractivity contribution in [2.24, 2.45) is 5.41 Å². The number of rotatable bonds is 5. The van der Waals surface area contributed by atoms with Gasteiger partial charge in [0.1, 0.15) is 0 Å². The second-order valence-corrected chi connectivity index (χ2v) is 6.76. The van der Waals surface area contributed by atoms with E-state index in [2.05, 4.69) is 43.6 Å². The molecule has 1 unspecified atom stereocenters. The van der Waals surface area contributed by atoms with E-state index >= 15 is 0 Å². The van der Waals surface area contributed by atoms with Gasteiger partial charge in [-0.1, -0.05) is 36.6 Å². The third-order valence-corrected chi connectivity index (χ3v) is 5.48. The van der Waals surface area contributed by atoms with Gasteiger partial charge in [-0.05, 0) is 55.7 Å². The highest BCUT2D eigenvalue weighted by Crippen LogP contribution is 2.40. The number of hydrogen-bond acceptors (Lipinski definition) is 2. The minimum Gasteiger partial charge on any atom is -0.299 e. The number of halogens is 1. The summed E-state index contributed by atoms with van der Waals surface area (Å²) >= 11 is 10.7. The lowest BCUT2D eigenvalue weighted by atomic mass is 9.87. The molecular formula is C16H24ClNS. The molecule has 0 bridgehead atoms. The maximum absolute atomic E-state index is 6.09. The van der Waals surface area contributed by atoms with Gasteiger partial charge in [-0.15, -0.1) is 0 Å². The first-order valence-corrected chi connectivity index (χ1v) is 8.14. The fourth-order valence-corrected chi connectivity index (χ4v) is 3.79. The molecule has 1 atom stereocenters. The molecule has 1 aliphatic carbocycles. The molecule has 2 rings (SSSR count). The van der Waals surface area contributed by atoms with Crippen molar-refractivity contribution < 1.29 is 0 Å². The van der Waals surface area contributed by atoms with Crippen LogP contribution in [0, 0.1) is 5.41 Å². The number of nitrogens with zero attached hydrogens (tertiary/aromatic N) is 1. The van der Waals surface area contributed by atoms with Crippen molar-refractivity contribution in [1.82, 2.24) is 4.90 Å². The first kappa shape index (κ1) is 15.2. The molecule has 0 saturated heterocycles. The predicted octanol–water partition coefficient (Wildman–Crippen LogP) is 4.82. The molecule has 1 aliphatic rings. The predicted molar refractivity (Wildman–Crippen MR) is 87.3 cm³/mol. The van der Waals surface area contributed by atoms with Gasteiger partial charge in [0.2, 0.25) is 0 Å². The molecular weight excluding hydrogens is 274 g/mol. The third kappa shape index (κ3) is 3.68. The van der Waals surface area contributed by atoms with Crippen molar-refractivity contribution >= 4 is 24.2 Å². The zero-order valence-electron chi connectivity index (χ0n) is 11.9. The summed E-state index contributed by atoms with van der Waals surface area (Å²) in [7, 11) is 2.22. The van der Waals surface area contributed by atoms with Crippen LogP contribution in [0.25, 0.3) is 0 Å². The fourth-order valence-electron chi connectivity index (χ4n) is 3.18. The summed E-state index contributed by atoms with van der Waals surface area (Å²) in [5, 5.41) is 0.822. The topological polar surface area (TPSA) is 3.24 Å². The normalized spacial score (nSPS) is 19.8. The maximum Gasteiger partial charge on any atom is 0.0409 e. The molecule has 0 aliphatic heterocycles. The highest BCUT2D eigenvalue weighted by molar-refractivity contribution is 7.80. The molecule has 19 heavy (non-hydrogen) atoms. The molecule has 0 radical (unpaired) electrons. The van der Waals surface area contributed by atoms with E-state index in [0.29, 0.717) is 11.5 Å². The monoisotopic (exact) mass is 297 g/mol. The van der Waals surface area contributed by atoms with E-state index in [1.165, 1.54) is 31.2 Å². The van der Waals surface area contributed by atoms with Gasteiger partial charge in [-0.3, -0.25) is 4.90 Å². The molecule has 1 aromatic carbocycles. The lowest BCUT2D eigenvalue weighted by molar-refractivity contribution is 0.163. The average molecular weight is 298 g/mol. The van der Waals surface area contributed by atoms with Gasteiger partial charge in [0.05, 0.1) is 0 Å². The van der Waals surface area contributed by atoms with Gasteiger partial charge in [0.15, 0.2) is 0 Å². The Morgan fingerprint density at radius 3 is 2.63 bits per heavy atom. The second-order valence-electron chi connectivity index (χ2n) is 6.01. The summed E-state index contributed by atoms with van der Waals surface area (Å²) in [4.78, 5) is 2.45. The van der Waals surface area contributed by atoms with E-state index in [9.17, 15) is 0 Å². The summed E-state index contributed by atoms with van der Waals surface area (Å²) in [6, 6.07) is 8.60. The van der Waals surface area contributed by atoms with Gasteiger partial charge < -0.3 is 0 Å². The zero-order chi connectivity index (χ0) is 13.9. The Kier molecular flexibility index (Phi) is 5.22. The van der Waals surface area contributed by atoms with Gasteiger partial charge in [0.25, 0.3) is 0 Å². The van der Waals surface area contributed by atoms with E-state index in [-0.39, 0.29) is 0 Å². The van der Waals surface area contributed by atoms with Crippen LogP contribution in [0.5, 0.6) is 0 Å². The average Bonchev–Trinajstić information content (AvgIpc) is 2.87. The first-order chi connectivity index (χ1) is 9.06. The molecule has 0 amide bonds. The molecule has 3 heteroatoms. The molecule has 0 heterocycles.